The predicted molar refractivity (Wildman–Crippen MR) is 52.1 cm³/mol. The quantitative estimate of drug-likeness (QED) is 0.658. The summed E-state index contributed by atoms with van der Waals surface area (Å²) in [5.74, 6) is 0.736. The second-order valence-corrected chi connectivity index (χ2v) is 2.62. The molecule has 0 aliphatic carbocycles. The van der Waals surface area contributed by atoms with Crippen LogP contribution in [0.2, 0.25) is 0 Å². The van der Waals surface area contributed by atoms with E-state index in [0.717, 1.165) is 17.8 Å². The van der Waals surface area contributed by atoms with Gasteiger partial charge in [-0.05, 0) is 19.1 Å². The molecule has 0 unspecified atom stereocenters. The Bertz CT molecular complexity index is 286. The van der Waals surface area contributed by atoms with E-state index in [9.17, 15) is 4.79 Å². The molecule has 0 aliphatic heterocycles. The van der Waals surface area contributed by atoms with Crippen LogP contribution in [0, 0.1) is 0 Å². The third-order valence-corrected chi connectivity index (χ3v) is 1.70. The molecule has 1 rings (SSSR count). The van der Waals surface area contributed by atoms with Crippen LogP contribution in [0.1, 0.15) is 6.92 Å². The van der Waals surface area contributed by atoms with E-state index in [0.29, 0.717) is 6.61 Å². The highest BCUT2D eigenvalue weighted by atomic mass is 16.5. The molecule has 1 aromatic rings. The van der Waals surface area contributed by atoms with Crippen molar-refractivity contribution < 1.29 is 9.53 Å². The number of ether oxygens (including phenoxy) is 1. The Morgan fingerprint density at radius 2 is 2.15 bits per heavy atom. The normalized spacial score (nSPS) is 9.38. The van der Waals surface area contributed by atoms with E-state index in [2.05, 4.69) is 0 Å². The summed E-state index contributed by atoms with van der Waals surface area (Å²) in [5.41, 5.74) is 0.791. The van der Waals surface area contributed by atoms with E-state index in [4.69, 9.17) is 4.74 Å². The number of hydrogen-bond acceptors (Lipinski definition) is 2. The molecule has 0 saturated carbocycles. The average Bonchev–Trinajstić information content (AvgIpc) is 2.18. The van der Waals surface area contributed by atoms with Gasteiger partial charge in [0.2, 0.25) is 6.41 Å². The number of rotatable bonds is 4. The van der Waals surface area contributed by atoms with Crippen molar-refractivity contribution in [1.82, 2.24) is 0 Å². The van der Waals surface area contributed by atoms with Gasteiger partial charge in [0.25, 0.3) is 0 Å². The lowest BCUT2D eigenvalue weighted by Gasteiger charge is -2.15. The van der Waals surface area contributed by atoms with Crippen LogP contribution in [0.5, 0.6) is 5.75 Å². The minimum absolute atomic E-state index is 0.601. The Morgan fingerprint density at radius 3 is 2.77 bits per heavy atom. The molecule has 0 aromatic heterocycles. The van der Waals surface area contributed by atoms with Gasteiger partial charge < -0.3 is 9.64 Å². The fourth-order valence-corrected chi connectivity index (χ4v) is 1.08. The molecular weight excluding hydrogens is 166 g/mol. The molecule has 0 aliphatic rings. The summed E-state index contributed by atoms with van der Waals surface area (Å²) < 4.78 is 5.36. The van der Waals surface area contributed by atoms with Gasteiger partial charge in [0.05, 0.1) is 12.3 Å². The smallest absolute Gasteiger partial charge is 0.213 e. The van der Waals surface area contributed by atoms with Crippen molar-refractivity contribution in [2.75, 3.05) is 18.6 Å². The highest BCUT2D eigenvalue weighted by Crippen LogP contribution is 2.25. The number of nitrogens with zero attached hydrogens (tertiary/aromatic N) is 1. The summed E-state index contributed by atoms with van der Waals surface area (Å²) >= 11 is 0. The first-order chi connectivity index (χ1) is 6.29. The molecule has 13 heavy (non-hydrogen) atoms. The Hall–Kier alpha value is -1.51. The summed E-state index contributed by atoms with van der Waals surface area (Å²) in [6.45, 7) is 2.52. The first kappa shape index (κ1) is 9.58. The molecule has 0 heterocycles. The lowest BCUT2D eigenvalue weighted by Crippen LogP contribution is -2.14. The number of amides is 1. The van der Waals surface area contributed by atoms with Gasteiger partial charge in [-0.1, -0.05) is 12.1 Å². The molecule has 3 nitrogen and oxygen atoms in total. The van der Waals surface area contributed by atoms with E-state index in [1.54, 1.807) is 7.05 Å². The van der Waals surface area contributed by atoms with Crippen molar-refractivity contribution in [3.8, 4) is 5.75 Å². The fraction of sp³-hybridized carbons (Fsp3) is 0.300. The van der Waals surface area contributed by atoms with E-state index in [-0.39, 0.29) is 0 Å². The first-order valence-electron chi connectivity index (χ1n) is 4.19. The van der Waals surface area contributed by atoms with Crippen LogP contribution in [0.15, 0.2) is 24.3 Å². The van der Waals surface area contributed by atoms with E-state index < -0.39 is 0 Å². The van der Waals surface area contributed by atoms with Crippen molar-refractivity contribution in [2.45, 2.75) is 6.92 Å². The Balaban J connectivity index is 2.96. The van der Waals surface area contributed by atoms with Gasteiger partial charge in [-0.3, -0.25) is 4.79 Å². The lowest BCUT2D eigenvalue weighted by molar-refractivity contribution is -0.107. The van der Waals surface area contributed by atoms with Crippen LogP contribution in [-0.2, 0) is 4.79 Å². The maximum atomic E-state index is 10.5. The van der Waals surface area contributed by atoms with Crippen molar-refractivity contribution in [1.29, 1.82) is 0 Å². The zero-order valence-corrected chi connectivity index (χ0v) is 7.86. The molecule has 3 heteroatoms. The molecular formula is C10H13NO2. The van der Waals surface area contributed by atoms with Gasteiger partial charge in [-0.2, -0.15) is 0 Å². The third-order valence-electron chi connectivity index (χ3n) is 1.70. The van der Waals surface area contributed by atoms with Crippen LogP contribution < -0.4 is 9.64 Å². The SMILES string of the molecule is CCOc1ccccc1N(C)C=O. The number of para-hydroxylation sites is 2. The van der Waals surface area contributed by atoms with Gasteiger partial charge in [0, 0.05) is 7.05 Å². The number of carbonyl (C=O) groups is 1. The van der Waals surface area contributed by atoms with Crippen molar-refractivity contribution in [3.05, 3.63) is 24.3 Å². The molecule has 1 aromatic carbocycles. The molecule has 0 N–H and O–H groups in total. The molecule has 0 saturated heterocycles. The van der Waals surface area contributed by atoms with Crippen LogP contribution in [0.3, 0.4) is 0 Å². The highest BCUT2D eigenvalue weighted by Gasteiger charge is 2.05. The zero-order chi connectivity index (χ0) is 9.68. The lowest BCUT2D eigenvalue weighted by atomic mass is 10.3. The minimum atomic E-state index is 0.601. The zero-order valence-electron chi connectivity index (χ0n) is 7.86. The summed E-state index contributed by atoms with van der Waals surface area (Å²) in [6, 6.07) is 7.45. The Kier molecular flexibility index (Phi) is 3.31. The van der Waals surface area contributed by atoms with Crippen molar-refractivity contribution in [2.24, 2.45) is 0 Å². The summed E-state index contributed by atoms with van der Waals surface area (Å²) in [6.07, 6.45) is 0.762. The molecule has 70 valence electrons. The first-order valence-corrected chi connectivity index (χ1v) is 4.19. The van der Waals surface area contributed by atoms with Crippen molar-refractivity contribution in [3.63, 3.8) is 0 Å². The number of hydrogen-bond donors (Lipinski definition) is 0. The van der Waals surface area contributed by atoms with Gasteiger partial charge in [-0.25, -0.2) is 0 Å². The fourth-order valence-electron chi connectivity index (χ4n) is 1.08. The standard InChI is InChI=1S/C10H13NO2/c1-3-13-10-7-5-4-6-9(10)11(2)8-12/h4-8H,3H2,1-2H3. The Morgan fingerprint density at radius 1 is 1.46 bits per heavy atom. The minimum Gasteiger partial charge on any atom is -0.492 e. The second-order valence-electron chi connectivity index (χ2n) is 2.62. The summed E-state index contributed by atoms with van der Waals surface area (Å²) in [7, 11) is 1.70. The topological polar surface area (TPSA) is 29.5 Å². The largest absolute Gasteiger partial charge is 0.492 e. The van der Waals surface area contributed by atoms with Crippen LogP contribution >= 0.6 is 0 Å². The monoisotopic (exact) mass is 179 g/mol. The number of anilines is 1. The molecule has 0 fully saturated rings. The summed E-state index contributed by atoms with van der Waals surface area (Å²) in [5, 5.41) is 0. The number of carbonyl (C=O) groups excluding carboxylic acids is 1. The van der Waals surface area contributed by atoms with Gasteiger partial charge >= 0.3 is 0 Å². The van der Waals surface area contributed by atoms with Crippen LogP contribution in [-0.4, -0.2) is 20.1 Å². The van der Waals surface area contributed by atoms with E-state index in [1.165, 1.54) is 4.90 Å². The average molecular weight is 179 g/mol. The second kappa shape index (κ2) is 4.50. The maximum Gasteiger partial charge on any atom is 0.213 e. The van der Waals surface area contributed by atoms with Gasteiger partial charge in [0.15, 0.2) is 0 Å². The molecule has 1 amide bonds. The van der Waals surface area contributed by atoms with E-state index >= 15 is 0 Å². The molecule has 0 bridgehead atoms. The Labute approximate surface area is 77.9 Å². The van der Waals surface area contributed by atoms with Crippen LogP contribution in [0.25, 0.3) is 0 Å². The van der Waals surface area contributed by atoms with Gasteiger partial charge in [0.1, 0.15) is 5.75 Å². The molecule has 0 atom stereocenters. The van der Waals surface area contributed by atoms with E-state index in [1.807, 2.05) is 31.2 Å². The van der Waals surface area contributed by atoms with Gasteiger partial charge in [-0.15, -0.1) is 0 Å². The predicted octanol–water partition coefficient (Wildman–Crippen LogP) is 1.68. The molecule has 0 spiro atoms. The molecule has 0 radical (unpaired) electrons. The number of benzene rings is 1. The highest BCUT2D eigenvalue weighted by molar-refractivity contribution is 5.77. The summed E-state index contributed by atoms with van der Waals surface area (Å²) in [4.78, 5) is 12.0. The maximum absolute atomic E-state index is 10.5. The third kappa shape index (κ3) is 2.21. The van der Waals surface area contributed by atoms with Crippen LogP contribution in [0.4, 0.5) is 5.69 Å². The van der Waals surface area contributed by atoms with Crippen molar-refractivity contribution >= 4 is 12.1 Å².